The molecule has 0 aromatic heterocycles. The molecule has 1 saturated heterocycles. The molecule has 1 amide bonds. The van der Waals surface area contributed by atoms with E-state index < -0.39 is 41.1 Å². The number of alkyl halides is 3. The number of hydrogen-bond acceptors (Lipinski definition) is 3. The van der Waals surface area contributed by atoms with E-state index in [-0.39, 0.29) is 12.3 Å². The maximum Gasteiger partial charge on any atom is 0.471 e. The van der Waals surface area contributed by atoms with Crippen molar-refractivity contribution in [3.63, 3.8) is 0 Å². The highest BCUT2D eigenvalue weighted by Crippen LogP contribution is 2.71. The lowest BCUT2D eigenvalue weighted by Crippen LogP contribution is -2.59. The van der Waals surface area contributed by atoms with Crippen LogP contribution in [0.3, 0.4) is 0 Å². The third-order valence-corrected chi connectivity index (χ3v) is 6.33. The average Bonchev–Trinajstić information content (AvgIpc) is 3.42. The standard InChI is InChI=1S/C17H16ClF3N2O3/c18-11-4-2-1-3-9(11)10-7-16(10,23-14(26)17(19,20)21)15-6-8(15)5-12(22-15)13(24)25/h1-4,8,10,12,22H,5-7H2,(H,23,26)(H,24,25)/t8-,10-,12-,15-,16+/m0/s1. The van der Waals surface area contributed by atoms with Crippen LogP contribution in [0.4, 0.5) is 13.2 Å². The van der Waals surface area contributed by atoms with Crippen molar-refractivity contribution in [2.45, 2.75) is 48.5 Å². The number of nitrogens with one attached hydrogen (secondary N) is 2. The van der Waals surface area contributed by atoms with E-state index in [1.165, 1.54) is 0 Å². The zero-order valence-electron chi connectivity index (χ0n) is 13.4. The molecule has 5 atom stereocenters. The number of aliphatic carboxylic acids is 1. The summed E-state index contributed by atoms with van der Waals surface area (Å²) in [6.07, 6.45) is -3.84. The van der Waals surface area contributed by atoms with Crippen LogP contribution in [0.1, 0.15) is 30.7 Å². The molecular formula is C17H16ClF3N2O3. The predicted molar refractivity (Wildman–Crippen MR) is 85.8 cm³/mol. The minimum Gasteiger partial charge on any atom is -0.480 e. The summed E-state index contributed by atoms with van der Waals surface area (Å²) in [5, 5.41) is 14.8. The van der Waals surface area contributed by atoms with Crippen molar-refractivity contribution in [1.82, 2.24) is 10.6 Å². The Balaban J connectivity index is 1.68. The molecule has 9 heteroatoms. The summed E-state index contributed by atoms with van der Waals surface area (Å²) >= 11 is 6.21. The Morgan fingerprint density at radius 3 is 2.54 bits per heavy atom. The zero-order chi connectivity index (χ0) is 18.9. The van der Waals surface area contributed by atoms with Crippen molar-refractivity contribution in [2.75, 3.05) is 0 Å². The van der Waals surface area contributed by atoms with Crippen LogP contribution in [0.15, 0.2) is 24.3 Å². The van der Waals surface area contributed by atoms with Crippen molar-refractivity contribution in [1.29, 1.82) is 0 Å². The van der Waals surface area contributed by atoms with Gasteiger partial charge in [-0.1, -0.05) is 29.8 Å². The van der Waals surface area contributed by atoms with Gasteiger partial charge in [0.25, 0.3) is 0 Å². The Bertz CT molecular complexity index is 802. The number of benzene rings is 1. The van der Waals surface area contributed by atoms with E-state index in [4.69, 9.17) is 11.6 Å². The summed E-state index contributed by atoms with van der Waals surface area (Å²) in [5.41, 5.74) is -1.35. The smallest absolute Gasteiger partial charge is 0.471 e. The van der Waals surface area contributed by atoms with E-state index in [1.54, 1.807) is 24.3 Å². The maximum absolute atomic E-state index is 12.9. The minimum atomic E-state index is -5.01. The molecule has 3 aliphatic rings. The zero-order valence-corrected chi connectivity index (χ0v) is 14.2. The topological polar surface area (TPSA) is 78.4 Å². The van der Waals surface area contributed by atoms with Gasteiger partial charge < -0.3 is 10.4 Å². The van der Waals surface area contributed by atoms with Crippen molar-refractivity contribution < 1.29 is 27.9 Å². The molecule has 2 saturated carbocycles. The monoisotopic (exact) mass is 388 g/mol. The fourth-order valence-electron chi connectivity index (χ4n) is 4.70. The van der Waals surface area contributed by atoms with Crippen molar-refractivity contribution >= 4 is 23.5 Å². The molecule has 2 aliphatic carbocycles. The van der Waals surface area contributed by atoms with Gasteiger partial charge in [0.15, 0.2) is 0 Å². The Morgan fingerprint density at radius 2 is 1.96 bits per heavy atom. The molecule has 1 aromatic rings. The number of amides is 1. The molecule has 0 bridgehead atoms. The Hall–Kier alpha value is -1.80. The highest BCUT2D eigenvalue weighted by molar-refractivity contribution is 6.31. The largest absolute Gasteiger partial charge is 0.480 e. The highest BCUT2D eigenvalue weighted by Gasteiger charge is 2.80. The van der Waals surface area contributed by atoms with Gasteiger partial charge in [-0.2, -0.15) is 13.2 Å². The van der Waals surface area contributed by atoms with Crippen molar-refractivity contribution in [3.8, 4) is 0 Å². The third kappa shape index (κ3) is 2.42. The van der Waals surface area contributed by atoms with Crippen LogP contribution in [0.2, 0.25) is 5.02 Å². The van der Waals surface area contributed by atoms with Crippen molar-refractivity contribution in [2.24, 2.45) is 5.92 Å². The van der Waals surface area contributed by atoms with Gasteiger partial charge in [0.1, 0.15) is 6.04 Å². The lowest BCUT2D eigenvalue weighted by atomic mass is 9.95. The average molecular weight is 389 g/mol. The molecule has 5 nitrogen and oxygen atoms in total. The van der Waals surface area contributed by atoms with Crippen LogP contribution in [-0.4, -0.2) is 40.3 Å². The van der Waals surface area contributed by atoms with Gasteiger partial charge in [-0.15, -0.1) is 0 Å². The fourth-order valence-corrected chi connectivity index (χ4v) is 4.96. The number of carboxylic acid groups (broad SMARTS) is 1. The third-order valence-electron chi connectivity index (χ3n) is 5.99. The lowest BCUT2D eigenvalue weighted by molar-refractivity contribution is -0.175. The summed E-state index contributed by atoms with van der Waals surface area (Å²) in [6, 6.07) is 6.01. The van der Waals surface area contributed by atoms with E-state index in [1.807, 2.05) is 0 Å². The van der Waals surface area contributed by atoms with Crippen LogP contribution in [0.25, 0.3) is 0 Å². The first-order valence-corrected chi connectivity index (χ1v) is 8.63. The summed E-state index contributed by atoms with van der Waals surface area (Å²) in [7, 11) is 0. The number of carbonyl (C=O) groups excluding carboxylic acids is 1. The van der Waals surface area contributed by atoms with E-state index in [0.29, 0.717) is 23.4 Å². The molecule has 140 valence electrons. The molecule has 0 spiro atoms. The molecule has 0 radical (unpaired) electrons. The van der Waals surface area contributed by atoms with Gasteiger partial charge in [0.2, 0.25) is 0 Å². The Kier molecular flexibility index (Phi) is 3.63. The summed E-state index contributed by atoms with van der Waals surface area (Å²) in [4.78, 5) is 23.0. The number of rotatable bonds is 4. The number of halogens is 4. The molecular weight excluding hydrogens is 373 g/mol. The van der Waals surface area contributed by atoms with E-state index >= 15 is 0 Å². The normalized spacial score (nSPS) is 37.8. The van der Waals surface area contributed by atoms with Crippen LogP contribution in [0, 0.1) is 5.92 Å². The van der Waals surface area contributed by atoms with Gasteiger partial charge in [-0.25, -0.2) is 0 Å². The quantitative estimate of drug-likeness (QED) is 0.740. The maximum atomic E-state index is 12.9. The van der Waals surface area contributed by atoms with Gasteiger partial charge in [-0.3, -0.25) is 14.9 Å². The van der Waals surface area contributed by atoms with Gasteiger partial charge >= 0.3 is 18.1 Å². The van der Waals surface area contributed by atoms with Crippen LogP contribution < -0.4 is 10.6 Å². The highest BCUT2D eigenvalue weighted by atomic mass is 35.5. The first-order valence-electron chi connectivity index (χ1n) is 8.25. The molecule has 0 unspecified atom stereocenters. The molecule has 3 fully saturated rings. The lowest BCUT2D eigenvalue weighted by Gasteiger charge is -2.31. The van der Waals surface area contributed by atoms with Crippen molar-refractivity contribution in [3.05, 3.63) is 34.9 Å². The van der Waals surface area contributed by atoms with Gasteiger partial charge in [-0.05, 0) is 36.8 Å². The van der Waals surface area contributed by atoms with Crippen LogP contribution in [0.5, 0.6) is 0 Å². The second-order valence-electron chi connectivity index (χ2n) is 7.34. The molecule has 4 rings (SSSR count). The van der Waals surface area contributed by atoms with Crippen LogP contribution >= 0.6 is 11.6 Å². The molecule has 1 heterocycles. The molecule has 3 N–H and O–H groups in total. The number of hydrogen-bond donors (Lipinski definition) is 3. The molecule has 1 aromatic carbocycles. The Labute approximate surface area is 151 Å². The molecule has 26 heavy (non-hydrogen) atoms. The van der Waals surface area contributed by atoms with E-state index in [0.717, 1.165) is 0 Å². The number of carbonyl (C=O) groups is 2. The van der Waals surface area contributed by atoms with E-state index in [9.17, 15) is 27.9 Å². The fraction of sp³-hybridized carbons (Fsp3) is 0.529. The van der Waals surface area contributed by atoms with Gasteiger partial charge in [0.05, 0.1) is 5.54 Å². The minimum absolute atomic E-state index is 0.0791. The van der Waals surface area contributed by atoms with E-state index in [2.05, 4.69) is 10.6 Å². The first kappa shape index (κ1) is 17.6. The number of fused-ring (bicyclic) bond motifs is 1. The first-order chi connectivity index (χ1) is 12.1. The predicted octanol–water partition coefficient (Wildman–Crippen LogP) is 2.45. The van der Waals surface area contributed by atoms with Crippen LogP contribution in [-0.2, 0) is 9.59 Å². The SMILES string of the molecule is O=C(O)[C@@H]1C[C@H]2C[C@]2([C@@]2(NC(=O)C(F)(F)F)C[C@H]2c2ccccc2Cl)N1. The summed E-state index contributed by atoms with van der Waals surface area (Å²) in [6.45, 7) is 0. The number of piperidine rings is 1. The Morgan fingerprint density at radius 1 is 1.27 bits per heavy atom. The summed E-state index contributed by atoms with van der Waals surface area (Å²) < 4.78 is 38.7. The number of carboxylic acids is 1. The summed E-state index contributed by atoms with van der Waals surface area (Å²) in [5.74, 6) is -3.52. The van der Waals surface area contributed by atoms with Gasteiger partial charge in [0, 0.05) is 16.5 Å². The second kappa shape index (κ2) is 5.36. The molecule has 1 aliphatic heterocycles. The second-order valence-corrected chi connectivity index (χ2v) is 7.75.